The van der Waals surface area contributed by atoms with Crippen molar-refractivity contribution in [2.45, 2.75) is 72.3 Å². The lowest BCUT2D eigenvalue weighted by molar-refractivity contribution is -0.122. The number of carbonyl (C=O) groups is 2. The predicted octanol–water partition coefficient (Wildman–Crippen LogP) is 7.45. The summed E-state index contributed by atoms with van der Waals surface area (Å²) in [5.74, 6) is 1.87. The Morgan fingerprint density at radius 1 is 1.07 bits per heavy atom. The zero-order valence-corrected chi connectivity index (χ0v) is 26.4. The molecule has 41 heavy (non-hydrogen) atoms. The molecule has 2 bridgehead atoms. The molecule has 0 aromatic heterocycles. The molecule has 0 spiro atoms. The molecule has 224 valence electrons. The van der Waals surface area contributed by atoms with Crippen molar-refractivity contribution in [3.63, 3.8) is 0 Å². The van der Waals surface area contributed by atoms with Gasteiger partial charge in [-0.1, -0.05) is 56.0 Å². The van der Waals surface area contributed by atoms with Gasteiger partial charge in [0.15, 0.2) is 5.78 Å². The first-order valence-corrected chi connectivity index (χ1v) is 16.3. The van der Waals surface area contributed by atoms with Crippen LogP contribution in [0.2, 0.25) is 5.02 Å². The van der Waals surface area contributed by atoms with Crippen LogP contribution in [0.25, 0.3) is 0 Å². The van der Waals surface area contributed by atoms with Crippen LogP contribution in [0, 0.1) is 11.8 Å². The number of nitrogens with two attached hydrogens (primary N) is 1. The molecule has 0 saturated heterocycles. The summed E-state index contributed by atoms with van der Waals surface area (Å²) in [6.07, 6.45) is 8.53. The second kappa shape index (κ2) is 16.8. The molecule has 8 heteroatoms. The Morgan fingerprint density at radius 2 is 1.85 bits per heavy atom. The number of halogens is 1. The molecular formula is C33H45ClN2O4S. The van der Waals surface area contributed by atoms with Crippen molar-refractivity contribution in [3.05, 3.63) is 70.3 Å². The first-order chi connectivity index (χ1) is 19.8. The molecule has 0 amide bonds. The fraction of sp³-hybridized carbons (Fsp3) is 0.515. The average molecular weight is 601 g/mol. The van der Waals surface area contributed by atoms with E-state index < -0.39 is 0 Å². The van der Waals surface area contributed by atoms with E-state index in [4.69, 9.17) is 26.2 Å². The zero-order chi connectivity index (χ0) is 29.8. The molecule has 1 aliphatic carbocycles. The van der Waals surface area contributed by atoms with Gasteiger partial charge in [-0.2, -0.15) is 0 Å². The van der Waals surface area contributed by atoms with Gasteiger partial charge in [0.2, 0.25) is 0 Å². The number of anilines is 1. The molecule has 1 fully saturated rings. The number of carbonyl (C=O) groups excluding carboxylic acids is 2. The van der Waals surface area contributed by atoms with Crippen molar-refractivity contribution in [1.82, 2.24) is 0 Å². The van der Waals surface area contributed by atoms with Gasteiger partial charge in [-0.25, -0.2) is 4.79 Å². The average Bonchev–Trinajstić information content (AvgIpc) is 2.93. The monoisotopic (exact) mass is 600 g/mol. The van der Waals surface area contributed by atoms with Gasteiger partial charge in [0.1, 0.15) is 11.9 Å². The smallest absolute Gasteiger partial charge is 0.338 e. The van der Waals surface area contributed by atoms with Crippen LogP contribution in [-0.4, -0.2) is 43.3 Å². The molecule has 3 unspecified atom stereocenters. The maximum Gasteiger partial charge on any atom is 0.338 e. The maximum atomic E-state index is 13.0. The number of ether oxygens (including phenoxy) is 2. The number of esters is 1. The fourth-order valence-electron chi connectivity index (χ4n) is 5.32. The minimum Gasteiger partial charge on any atom is -0.492 e. The molecule has 1 aliphatic heterocycles. The summed E-state index contributed by atoms with van der Waals surface area (Å²) < 4.78 is 11.7. The van der Waals surface area contributed by atoms with Crippen LogP contribution in [0.15, 0.2) is 48.6 Å². The number of aryl methyl sites for hydroxylation is 1. The highest BCUT2D eigenvalue weighted by molar-refractivity contribution is 7.97. The van der Waals surface area contributed by atoms with Crippen molar-refractivity contribution < 1.29 is 19.1 Å². The van der Waals surface area contributed by atoms with Crippen LogP contribution in [0.3, 0.4) is 0 Å². The van der Waals surface area contributed by atoms with Crippen LogP contribution in [0.5, 0.6) is 5.75 Å². The number of rotatable bonds is 8. The van der Waals surface area contributed by atoms with Crippen LogP contribution in [0.1, 0.15) is 74.9 Å². The number of nitrogens with zero attached hydrogens (tertiary/aromatic N) is 1. The normalized spacial score (nSPS) is 21.4. The van der Waals surface area contributed by atoms with E-state index in [1.807, 2.05) is 45.0 Å². The third-order valence-electron chi connectivity index (χ3n) is 7.64. The Balaban J connectivity index is 0.00000108. The summed E-state index contributed by atoms with van der Waals surface area (Å²) in [7, 11) is 0. The molecule has 0 radical (unpaired) electrons. The SMILES string of the molecule is CCCc1cc(Cl)ccc1CCN1CC2CCC2C(=O)/C=C/CC(C)OC(=O)c2ccc(OCC)c1c2.CCSN. The topological polar surface area (TPSA) is 81.9 Å². The predicted molar refractivity (Wildman–Crippen MR) is 171 cm³/mol. The van der Waals surface area contributed by atoms with E-state index >= 15 is 0 Å². The van der Waals surface area contributed by atoms with Crippen molar-refractivity contribution in [2.75, 3.05) is 30.3 Å². The molecule has 2 aliphatic rings. The molecular weight excluding hydrogens is 556 g/mol. The first kappa shape index (κ1) is 33.0. The maximum absolute atomic E-state index is 13.0. The van der Waals surface area contributed by atoms with E-state index in [-0.39, 0.29) is 29.7 Å². The number of fused-ring (bicyclic) bond motifs is 3. The van der Waals surface area contributed by atoms with E-state index in [0.717, 1.165) is 67.4 Å². The summed E-state index contributed by atoms with van der Waals surface area (Å²) in [6.45, 7) is 10.00. The lowest BCUT2D eigenvalue weighted by Gasteiger charge is -2.40. The fourth-order valence-corrected chi connectivity index (χ4v) is 5.51. The second-order valence-corrected chi connectivity index (χ2v) is 12.0. The zero-order valence-electron chi connectivity index (χ0n) is 24.9. The molecule has 4 rings (SSSR count). The highest BCUT2D eigenvalue weighted by Crippen LogP contribution is 2.39. The lowest BCUT2D eigenvalue weighted by Crippen LogP contribution is -2.42. The Hall–Kier alpha value is -2.48. The summed E-state index contributed by atoms with van der Waals surface area (Å²) in [6, 6.07) is 11.7. The van der Waals surface area contributed by atoms with Gasteiger partial charge in [0.25, 0.3) is 0 Å². The highest BCUT2D eigenvalue weighted by Gasteiger charge is 2.37. The molecule has 6 nitrogen and oxygen atoms in total. The molecule has 2 N–H and O–H groups in total. The minimum atomic E-state index is -0.363. The standard InChI is InChI=1S/C31H38ClNO4.C2H7NS/c1-4-7-23-18-26(32)13-10-22(23)16-17-33-20-25-11-14-27(25)29(34)9-6-8-21(3)37-31(35)24-12-15-30(36-5-2)28(33)19-24;1-2-4-3/h6,9-10,12-13,15,18-19,21,25,27H,4-5,7-8,11,14,16-17,20H2,1-3H3;2-3H2,1H3/b9-6+;. The van der Waals surface area contributed by atoms with Gasteiger partial charge in [-0.3, -0.25) is 9.93 Å². The number of hydrogen-bond acceptors (Lipinski definition) is 7. The Morgan fingerprint density at radius 3 is 2.51 bits per heavy atom. The van der Waals surface area contributed by atoms with E-state index in [1.165, 1.54) is 23.1 Å². The van der Waals surface area contributed by atoms with Crippen LogP contribution < -0.4 is 14.8 Å². The lowest BCUT2D eigenvalue weighted by atomic mass is 9.71. The molecule has 1 saturated carbocycles. The van der Waals surface area contributed by atoms with Gasteiger partial charge < -0.3 is 14.4 Å². The number of ketones is 1. The van der Waals surface area contributed by atoms with Gasteiger partial charge in [-0.15, -0.1) is 0 Å². The van der Waals surface area contributed by atoms with Crippen molar-refractivity contribution in [3.8, 4) is 5.75 Å². The van der Waals surface area contributed by atoms with Crippen molar-refractivity contribution >= 4 is 41.0 Å². The number of cyclic esters (lactones) is 1. The third kappa shape index (κ3) is 9.52. The quantitative estimate of drug-likeness (QED) is 0.249. The number of hydrogen-bond donors (Lipinski definition) is 1. The first-order valence-electron chi connectivity index (χ1n) is 14.8. The summed E-state index contributed by atoms with van der Waals surface area (Å²) in [5, 5.41) is 5.70. The van der Waals surface area contributed by atoms with E-state index in [9.17, 15) is 9.59 Å². The van der Waals surface area contributed by atoms with E-state index in [1.54, 1.807) is 12.1 Å². The van der Waals surface area contributed by atoms with Gasteiger partial charge in [-0.05, 0) is 93.0 Å². The molecule has 2 aromatic carbocycles. The minimum absolute atomic E-state index is 0.0319. The second-order valence-electron chi connectivity index (χ2n) is 10.6. The highest BCUT2D eigenvalue weighted by atomic mass is 35.5. The third-order valence-corrected chi connectivity index (χ3v) is 8.21. The van der Waals surface area contributed by atoms with Crippen LogP contribution >= 0.6 is 23.5 Å². The Kier molecular flexibility index (Phi) is 13.6. The summed E-state index contributed by atoms with van der Waals surface area (Å²) >= 11 is 7.66. The summed E-state index contributed by atoms with van der Waals surface area (Å²) in [5.41, 5.74) is 3.93. The molecule has 3 atom stereocenters. The van der Waals surface area contributed by atoms with Gasteiger partial charge in [0, 0.05) is 36.2 Å². The molecule has 1 heterocycles. The van der Waals surface area contributed by atoms with Crippen LogP contribution in [-0.2, 0) is 22.4 Å². The number of benzene rings is 2. The van der Waals surface area contributed by atoms with Gasteiger partial charge in [0.05, 0.1) is 17.9 Å². The van der Waals surface area contributed by atoms with Gasteiger partial charge >= 0.3 is 5.97 Å². The van der Waals surface area contributed by atoms with Crippen molar-refractivity contribution in [1.29, 1.82) is 0 Å². The van der Waals surface area contributed by atoms with E-state index in [2.05, 4.69) is 24.0 Å². The van der Waals surface area contributed by atoms with Crippen LogP contribution in [0.4, 0.5) is 5.69 Å². The Bertz CT molecular complexity index is 1190. The van der Waals surface area contributed by atoms with E-state index in [0.29, 0.717) is 18.6 Å². The number of allylic oxidation sites excluding steroid dienone is 1. The largest absolute Gasteiger partial charge is 0.492 e. The Labute approximate surface area is 255 Å². The molecule has 2 aromatic rings. The van der Waals surface area contributed by atoms with Crippen molar-refractivity contribution in [2.24, 2.45) is 17.0 Å². The summed E-state index contributed by atoms with van der Waals surface area (Å²) in [4.78, 5) is 28.2.